The summed E-state index contributed by atoms with van der Waals surface area (Å²) in [4.78, 5) is 11.1. The molecule has 0 radical (unpaired) electrons. The fourth-order valence-electron chi connectivity index (χ4n) is 3.67. The average molecular weight is 377 g/mol. The highest BCUT2D eigenvalue weighted by Gasteiger charge is 2.26. The minimum atomic E-state index is 0.267. The van der Waals surface area contributed by atoms with Crippen LogP contribution in [0.3, 0.4) is 0 Å². The van der Waals surface area contributed by atoms with Crippen molar-refractivity contribution in [1.29, 1.82) is 0 Å². The van der Waals surface area contributed by atoms with Gasteiger partial charge in [-0.3, -0.25) is 9.88 Å². The van der Waals surface area contributed by atoms with E-state index in [4.69, 9.17) is 4.42 Å². The fourth-order valence-corrected chi connectivity index (χ4v) is 3.67. The van der Waals surface area contributed by atoms with Crippen molar-refractivity contribution >= 4 is 0 Å². The van der Waals surface area contributed by atoms with Crippen LogP contribution in [0.25, 0.3) is 11.6 Å². The molecule has 1 atom stereocenters. The lowest BCUT2D eigenvalue weighted by atomic mass is 9.97. The Labute approximate surface area is 166 Å². The van der Waals surface area contributed by atoms with Crippen LogP contribution in [0.2, 0.25) is 0 Å². The van der Waals surface area contributed by atoms with Gasteiger partial charge in [-0.05, 0) is 43.4 Å². The molecule has 6 nitrogen and oxygen atoms in total. The number of aryl methyl sites for hydroxylation is 1. The molecule has 2 aromatic heterocycles. The van der Waals surface area contributed by atoms with E-state index in [0.717, 1.165) is 38.2 Å². The van der Waals surface area contributed by atoms with E-state index in [1.807, 2.05) is 6.92 Å². The third kappa shape index (κ3) is 4.28. The van der Waals surface area contributed by atoms with E-state index in [0.29, 0.717) is 23.4 Å². The Kier molecular flexibility index (Phi) is 5.48. The van der Waals surface area contributed by atoms with Crippen molar-refractivity contribution < 1.29 is 4.42 Å². The third-order valence-electron chi connectivity index (χ3n) is 5.35. The van der Waals surface area contributed by atoms with Crippen molar-refractivity contribution in [1.82, 2.24) is 25.1 Å². The second-order valence-electron chi connectivity index (χ2n) is 7.96. The summed E-state index contributed by atoms with van der Waals surface area (Å²) in [6.45, 7) is 9.36. The second kappa shape index (κ2) is 8.19. The van der Waals surface area contributed by atoms with Gasteiger partial charge in [-0.15, -0.1) is 10.2 Å². The van der Waals surface area contributed by atoms with E-state index in [9.17, 15) is 0 Å². The van der Waals surface area contributed by atoms with Crippen LogP contribution in [-0.4, -0.2) is 38.2 Å². The van der Waals surface area contributed by atoms with Crippen molar-refractivity contribution in [2.24, 2.45) is 0 Å². The van der Waals surface area contributed by atoms with Crippen LogP contribution in [0.5, 0.6) is 0 Å². The van der Waals surface area contributed by atoms with Crippen molar-refractivity contribution in [3.05, 3.63) is 59.4 Å². The van der Waals surface area contributed by atoms with Crippen molar-refractivity contribution in [3.63, 3.8) is 0 Å². The maximum atomic E-state index is 5.94. The van der Waals surface area contributed by atoms with Gasteiger partial charge in [0, 0.05) is 19.3 Å². The Balaban J connectivity index is 1.41. The normalized spacial score (nSPS) is 17.9. The Hall–Kier alpha value is -2.60. The van der Waals surface area contributed by atoms with Crippen LogP contribution in [0.1, 0.15) is 61.2 Å². The molecule has 1 aliphatic heterocycles. The zero-order valence-electron chi connectivity index (χ0n) is 16.8. The molecule has 0 aliphatic carbocycles. The number of piperidine rings is 1. The van der Waals surface area contributed by atoms with Gasteiger partial charge in [0.1, 0.15) is 5.69 Å². The van der Waals surface area contributed by atoms with E-state index in [1.54, 1.807) is 12.4 Å². The Morgan fingerprint density at radius 3 is 2.64 bits per heavy atom. The molecule has 3 heterocycles. The van der Waals surface area contributed by atoms with Crippen molar-refractivity contribution in [2.75, 3.05) is 13.1 Å². The summed E-state index contributed by atoms with van der Waals surface area (Å²) in [6.07, 6.45) is 5.60. The first-order chi connectivity index (χ1) is 13.6. The molecule has 0 amide bonds. The molecule has 146 valence electrons. The maximum Gasteiger partial charge on any atom is 0.267 e. The van der Waals surface area contributed by atoms with Crippen LogP contribution in [0.4, 0.5) is 0 Å². The predicted octanol–water partition coefficient (Wildman–Crippen LogP) is 4.34. The molecule has 1 fully saturated rings. The van der Waals surface area contributed by atoms with Gasteiger partial charge in [0.25, 0.3) is 5.89 Å². The third-order valence-corrected chi connectivity index (χ3v) is 5.35. The van der Waals surface area contributed by atoms with E-state index < -0.39 is 0 Å². The lowest BCUT2D eigenvalue weighted by Crippen LogP contribution is -2.34. The summed E-state index contributed by atoms with van der Waals surface area (Å²) < 4.78 is 5.94. The average Bonchev–Trinajstić information content (AvgIpc) is 3.19. The monoisotopic (exact) mass is 377 g/mol. The standard InChI is InChI=1S/C22H27N5O/c1-15(2)18-8-6-17(7-9-18)13-27-10-4-5-19(14-27)21-25-26-22(28-21)20-12-23-16(3)11-24-20/h6-9,11-12,15,19H,4-5,10,13-14H2,1-3H3. The van der Waals surface area contributed by atoms with Crippen LogP contribution < -0.4 is 0 Å². The summed E-state index contributed by atoms with van der Waals surface area (Å²) >= 11 is 0. The van der Waals surface area contributed by atoms with E-state index >= 15 is 0 Å². The van der Waals surface area contributed by atoms with Gasteiger partial charge in [0.15, 0.2) is 0 Å². The number of rotatable bonds is 5. The molecule has 1 aliphatic rings. The molecular formula is C22H27N5O. The van der Waals surface area contributed by atoms with E-state index in [-0.39, 0.29) is 5.92 Å². The summed E-state index contributed by atoms with van der Waals surface area (Å²) in [7, 11) is 0. The highest BCUT2D eigenvalue weighted by Crippen LogP contribution is 2.28. The van der Waals surface area contributed by atoms with Gasteiger partial charge in [-0.1, -0.05) is 38.1 Å². The zero-order valence-corrected chi connectivity index (χ0v) is 16.8. The number of likely N-dealkylation sites (tertiary alicyclic amines) is 1. The van der Waals surface area contributed by atoms with Gasteiger partial charge in [0.2, 0.25) is 5.89 Å². The van der Waals surface area contributed by atoms with E-state index in [2.05, 4.69) is 63.2 Å². The van der Waals surface area contributed by atoms with Crippen molar-refractivity contribution in [3.8, 4) is 11.6 Å². The lowest BCUT2D eigenvalue weighted by Gasteiger charge is -2.31. The van der Waals surface area contributed by atoms with Gasteiger partial charge in [-0.25, -0.2) is 4.98 Å². The highest BCUT2D eigenvalue weighted by atomic mass is 16.4. The number of aromatic nitrogens is 4. The van der Waals surface area contributed by atoms with Gasteiger partial charge < -0.3 is 4.42 Å². The number of hydrogen-bond acceptors (Lipinski definition) is 6. The Bertz CT molecular complexity index is 901. The number of nitrogens with zero attached hydrogens (tertiary/aromatic N) is 5. The molecule has 1 saturated heterocycles. The first kappa shape index (κ1) is 18.7. The van der Waals surface area contributed by atoms with Crippen LogP contribution >= 0.6 is 0 Å². The molecule has 1 aromatic carbocycles. The predicted molar refractivity (Wildman–Crippen MR) is 108 cm³/mol. The maximum absolute atomic E-state index is 5.94. The Morgan fingerprint density at radius 1 is 1.11 bits per heavy atom. The topological polar surface area (TPSA) is 67.9 Å². The summed E-state index contributed by atoms with van der Waals surface area (Å²) in [6, 6.07) is 8.99. The molecular weight excluding hydrogens is 350 g/mol. The number of benzene rings is 1. The van der Waals surface area contributed by atoms with Crippen LogP contribution in [-0.2, 0) is 6.54 Å². The molecule has 0 N–H and O–H groups in total. The van der Waals surface area contributed by atoms with Crippen LogP contribution in [0.15, 0.2) is 41.1 Å². The molecule has 1 unspecified atom stereocenters. The van der Waals surface area contributed by atoms with Gasteiger partial charge in [0.05, 0.1) is 17.8 Å². The lowest BCUT2D eigenvalue weighted by molar-refractivity contribution is 0.186. The summed E-state index contributed by atoms with van der Waals surface area (Å²) in [5, 5.41) is 8.49. The first-order valence-electron chi connectivity index (χ1n) is 10.0. The smallest absolute Gasteiger partial charge is 0.267 e. The molecule has 4 rings (SSSR count). The van der Waals surface area contributed by atoms with Crippen molar-refractivity contribution in [2.45, 2.75) is 52.0 Å². The summed E-state index contributed by atoms with van der Waals surface area (Å²) in [5.41, 5.74) is 4.24. The minimum absolute atomic E-state index is 0.267. The SMILES string of the molecule is Cc1cnc(-c2nnc(C3CCCN(Cc4ccc(C(C)C)cc4)C3)o2)cn1. The Morgan fingerprint density at radius 2 is 1.93 bits per heavy atom. The number of hydrogen-bond donors (Lipinski definition) is 0. The summed E-state index contributed by atoms with van der Waals surface area (Å²) in [5.74, 6) is 1.99. The second-order valence-corrected chi connectivity index (χ2v) is 7.96. The fraction of sp³-hybridized carbons (Fsp3) is 0.455. The van der Waals surface area contributed by atoms with Gasteiger partial charge in [-0.2, -0.15) is 0 Å². The van der Waals surface area contributed by atoms with E-state index in [1.165, 1.54) is 11.1 Å². The first-order valence-corrected chi connectivity index (χ1v) is 10.0. The molecule has 3 aromatic rings. The molecule has 6 heteroatoms. The minimum Gasteiger partial charge on any atom is -0.419 e. The highest BCUT2D eigenvalue weighted by molar-refractivity contribution is 5.43. The quantitative estimate of drug-likeness (QED) is 0.659. The molecule has 28 heavy (non-hydrogen) atoms. The van der Waals surface area contributed by atoms with Crippen LogP contribution in [0, 0.1) is 6.92 Å². The zero-order chi connectivity index (χ0) is 19.5. The van der Waals surface area contributed by atoms with Gasteiger partial charge >= 0.3 is 0 Å². The molecule has 0 saturated carbocycles. The molecule has 0 spiro atoms. The largest absolute Gasteiger partial charge is 0.419 e. The molecule has 0 bridgehead atoms.